The van der Waals surface area contributed by atoms with Crippen LogP contribution in [-0.4, -0.2) is 5.25 Å². The van der Waals surface area contributed by atoms with Gasteiger partial charge in [0.05, 0.1) is 0 Å². The summed E-state index contributed by atoms with van der Waals surface area (Å²) in [5.41, 5.74) is 0. The molecule has 0 bridgehead atoms. The molecule has 0 spiro atoms. The van der Waals surface area contributed by atoms with E-state index in [2.05, 4.69) is 31.3 Å². The van der Waals surface area contributed by atoms with E-state index >= 15 is 0 Å². The maximum absolute atomic E-state index is 4.24. The Morgan fingerprint density at radius 1 is 1.62 bits per heavy atom. The molecule has 0 aliphatic heterocycles. The third kappa shape index (κ3) is 1.60. The van der Waals surface area contributed by atoms with Crippen molar-refractivity contribution in [1.29, 1.82) is 0 Å². The number of allylic oxidation sites excluding steroid dienone is 2. The summed E-state index contributed by atoms with van der Waals surface area (Å²) in [7, 11) is 0. The summed E-state index contributed by atoms with van der Waals surface area (Å²) in [6, 6.07) is 0. The second-order valence-electron chi connectivity index (χ2n) is 1.80. The molecule has 0 amide bonds. The van der Waals surface area contributed by atoms with Gasteiger partial charge in [-0.1, -0.05) is 18.2 Å². The summed E-state index contributed by atoms with van der Waals surface area (Å²) in [5, 5.41) is 0.382. The zero-order chi connectivity index (χ0) is 5.98. The van der Waals surface area contributed by atoms with Crippen LogP contribution in [0.3, 0.4) is 0 Å². The van der Waals surface area contributed by atoms with Gasteiger partial charge in [0.2, 0.25) is 0 Å². The van der Waals surface area contributed by atoms with Crippen LogP contribution >= 0.6 is 25.3 Å². The molecule has 2 heteroatoms. The third-order valence-corrected chi connectivity index (χ3v) is 1.69. The second-order valence-corrected chi connectivity index (χ2v) is 2.98. The quantitative estimate of drug-likeness (QED) is 0.478. The van der Waals surface area contributed by atoms with Gasteiger partial charge in [-0.15, -0.1) is 12.6 Å². The largest absolute Gasteiger partial charge is 0.171 e. The molecule has 0 aromatic heterocycles. The van der Waals surface area contributed by atoms with E-state index < -0.39 is 0 Å². The maximum Gasteiger partial charge on any atom is 0.0245 e. The first kappa shape index (κ1) is 6.30. The van der Waals surface area contributed by atoms with E-state index in [9.17, 15) is 0 Å². The van der Waals surface area contributed by atoms with Gasteiger partial charge in [-0.25, -0.2) is 0 Å². The third-order valence-electron chi connectivity index (χ3n) is 1.03. The zero-order valence-corrected chi connectivity index (χ0v) is 6.20. The van der Waals surface area contributed by atoms with Gasteiger partial charge in [0.1, 0.15) is 0 Å². The Balaban J connectivity index is 2.63. The van der Waals surface area contributed by atoms with Crippen LogP contribution in [0.4, 0.5) is 0 Å². The molecule has 1 atom stereocenters. The van der Waals surface area contributed by atoms with Crippen LogP contribution in [0.2, 0.25) is 0 Å². The Morgan fingerprint density at radius 2 is 2.38 bits per heavy atom. The SMILES string of the molecule is SC1=CC(S)CC=C1. The van der Waals surface area contributed by atoms with Crippen LogP contribution in [-0.2, 0) is 0 Å². The molecule has 0 nitrogen and oxygen atoms in total. The average molecular weight is 144 g/mol. The number of hydrogen-bond acceptors (Lipinski definition) is 2. The van der Waals surface area contributed by atoms with Crippen molar-refractivity contribution in [2.75, 3.05) is 0 Å². The minimum atomic E-state index is 0.382. The van der Waals surface area contributed by atoms with E-state index in [4.69, 9.17) is 0 Å². The topological polar surface area (TPSA) is 0 Å². The van der Waals surface area contributed by atoms with E-state index in [-0.39, 0.29) is 0 Å². The summed E-state index contributed by atoms with van der Waals surface area (Å²) in [4.78, 5) is 1.02. The molecule has 1 aliphatic carbocycles. The predicted octanol–water partition coefficient (Wildman–Crippen LogP) is 2.06. The molecule has 0 heterocycles. The van der Waals surface area contributed by atoms with Crippen LogP contribution in [0, 0.1) is 0 Å². The Bertz CT molecular complexity index is 135. The number of thiol groups is 2. The molecule has 1 unspecified atom stereocenters. The van der Waals surface area contributed by atoms with Crippen molar-refractivity contribution in [2.45, 2.75) is 11.7 Å². The molecule has 1 rings (SSSR count). The highest BCUT2D eigenvalue weighted by Gasteiger charge is 1.99. The van der Waals surface area contributed by atoms with Crippen LogP contribution in [0.25, 0.3) is 0 Å². The fourth-order valence-corrected chi connectivity index (χ4v) is 1.33. The van der Waals surface area contributed by atoms with E-state index in [1.807, 2.05) is 12.2 Å². The molecule has 1 aliphatic rings. The second kappa shape index (κ2) is 2.65. The molecule has 0 N–H and O–H groups in total. The number of hydrogen-bond donors (Lipinski definition) is 2. The van der Waals surface area contributed by atoms with E-state index in [0.29, 0.717) is 5.25 Å². The molecule has 0 aromatic rings. The van der Waals surface area contributed by atoms with Gasteiger partial charge in [0, 0.05) is 10.2 Å². The Morgan fingerprint density at radius 3 is 2.75 bits per heavy atom. The summed E-state index contributed by atoms with van der Waals surface area (Å²) >= 11 is 8.39. The Labute approximate surface area is 60.5 Å². The van der Waals surface area contributed by atoms with Crippen molar-refractivity contribution in [2.24, 2.45) is 0 Å². The Hall–Kier alpha value is 0.180. The highest BCUT2D eigenvalue weighted by Crippen LogP contribution is 2.16. The smallest absolute Gasteiger partial charge is 0.0245 e. The normalized spacial score (nSPS) is 27.8. The first-order valence-electron chi connectivity index (χ1n) is 2.54. The van der Waals surface area contributed by atoms with Crippen molar-refractivity contribution >= 4 is 25.3 Å². The lowest BCUT2D eigenvalue weighted by Gasteiger charge is -2.05. The van der Waals surface area contributed by atoms with Crippen LogP contribution < -0.4 is 0 Å². The van der Waals surface area contributed by atoms with Gasteiger partial charge in [-0.2, -0.15) is 12.6 Å². The summed E-state index contributed by atoms with van der Waals surface area (Å²) in [6.07, 6.45) is 7.15. The summed E-state index contributed by atoms with van der Waals surface area (Å²) < 4.78 is 0. The van der Waals surface area contributed by atoms with Gasteiger partial charge in [-0.3, -0.25) is 0 Å². The van der Waals surface area contributed by atoms with Crippen molar-refractivity contribution in [3.05, 3.63) is 23.1 Å². The van der Waals surface area contributed by atoms with Gasteiger partial charge in [-0.05, 0) is 6.42 Å². The molecule has 0 fully saturated rings. The molecule has 0 saturated carbocycles. The lowest BCUT2D eigenvalue weighted by molar-refractivity contribution is 1.06. The minimum Gasteiger partial charge on any atom is -0.171 e. The fraction of sp³-hybridized carbons (Fsp3) is 0.333. The van der Waals surface area contributed by atoms with Crippen LogP contribution in [0.15, 0.2) is 23.1 Å². The zero-order valence-electron chi connectivity index (χ0n) is 4.41. The molecule has 0 aromatic carbocycles. The first-order chi connectivity index (χ1) is 3.79. The summed E-state index contributed by atoms with van der Waals surface area (Å²) in [6.45, 7) is 0. The maximum atomic E-state index is 4.24. The van der Waals surface area contributed by atoms with Crippen LogP contribution in [0.1, 0.15) is 6.42 Å². The fourth-order valence-electron chi connectivity index (χ4n) is 0.649. The molecular weight excluding hydrogens is 136 g/mol. The lowest BCUT2D eigenvalue weighted by atomic mass is 10.2. The van der Waals surface area contributed by atoms with Gasteiger partial charge >= 0.3 is 0 Å². The first-order valence-corrected chi connectivity index (χ1v) is 3.51. The highest BCUT2D eigenvalue weighted by atomic mass is 32.1. The van der Waals surface area contributed by atoms with E-state index in [0.717, 1.165) is 11.3 Å². The number of rotatable bonds is 0. The Kier molecular flexibility index (Phi) is 2.08. The van der Waals surface area contributed by atoms with Gasteiger partial charge < -0.3 is 0 Å². The monoisotopic (exact) mass is 144 g/mol. The van der Waals surface area contributed by atoms with Crippen molar-refractivity contribution in [3.8, 4) is 0 Å². The van der Waals surface area contributed by atoms with E-state index in [1.165, 1.54) is 0 Å². The molecule has 0 saturated heterocycles. The molecule has 8 heavy (non-hydrogen) atoms. The molecule has 0 radical (unpaired) electrons. The summed E-state index contributed by atoms with van der Waals surface area (Å²) in [5.74, 6) is 0. The van der Waals surface area contributed by atoms with Gasteiger partial charge in [0.25, 0.3) is 0 Å². The predicted molar refractivity (Wildman–Crippen MR) is 43.6 cm³/mol. The lowest BCUT2D eigenvalue weighted by Crippen LogP contribution is -1.94. The molecule has 44 valence electrons. The van der Waals surface area contributed by atoms with Crippen LogP contribution in [0.5, 0.6) is 0 Å². The van der Waals surface area contributed by atoms with Crippen molar-refractivity contribution in [3.63, 3.8) is 0 Å². The van der Waals surface area contributed by atoms with Crippen molar-refractivity contribution < 1.29 is 0 Å². The molecular formula is C6H8S2. The minimum absolute atomic E-state index is 0.382. The van der Waals surface area contributed by atoms with Gasteiger partial charge in [0.15, 0.2) is 0 Å². The average Bonchev–Trinajstić information content (AvgIpc) is 1.64. The van der Waals surface area contributed by atoms with E-state index in [1.54, 1.807) is 0 Å². The van der Waals surface area contributed by atoms with Crippen molar-refractivity contribution in [1.82, 2.24) is 0 Å². The standard InChI is InChI=1S/C6H8S2/c7-5-2-1-3-6(8)4-5/h1-2,4,6-8H,3H2. The highest BCUT2D eigenvalue weighted by molar-refractivity contribution is 7.85.